The third kappa shape index (κ3) is 0.767. The van der Waals surface area contributed by atoms with E-state index < -0.39 is 17.2 Å². The van der Waals surface area contributed by atoms with Crippen LogP contribution >= 0.6 is 0 Å². The van der Waals surface area contributed by atoms with Gasteiger partial charge in [-0.3, -0.25) is 4.79 Å². The predicted octanol–water partition coefficient (Wildman–Crippen LogP) is -1.22. The fourth-order valence-electron chi connectivity index (χ4n) is 1.01. The molecule has 1 unspecified atom stereocenters. The molecule has 0 aromatic rings. The number of Topliss-reactive ketones (excluding diaryl/α,β-unsaturated/α-hetero) is 1. The lowest BCUT2D eigenvalue weighted by atomic mass is 9.99. The quantitative estimate of drug-likeness (QED) is 0.374. The van der Waals surface area contributed by atoms with Gasteiger partial charge in [0, 0.05) is 6.42 Å². The minimum absolute atomic E-state index is 0.0278. The maximum Gasteiger partial charge on any atom is 0.253 e. The van der Waals surface area contributed by atoms with Crippen molar-refractivity contribution in [2.24, 2.45) is 0 Å². The molecule has 1 fully saturated rings. The summed E-state index contributed by atoms with van der Waals surface area (Å²) in [5.41, 5.74) is -1.68. The normalized spacial score (nSPS) is 38.6. The number of rotatable bonds is 0. The number of carbonyl (C=O) groups is 1. The van der Waals surface area contributed by atoms with E-state index in [0.29, 0.717) is 0 Å². The monoisotopic (exact) mass is 146 g/mol. The van der Waals surface area contributed by atoms with Crippen molar-refractivity contribution >= 4 is 5.78 Å². The summed E-state index contributed by atoms with van der Waals surface area (Å²) in [6.07, 6.45) is 0.138. The minimum Gasteiger partial charge on any atom is -0.384 e. The molecule has 1 atom stereocenters. The molecule has 1 aliphatic carbocycles. The molecule has 0 aromatic carbocycles. The van der Waals surface area contributed by atoms with Crippen LogP contribution in [0.4, 0.5) is 0 Å². The largest absolute Gasteiger partial charge is 0.384 e. The zero-order valence-electron chi connectivity index (χ0n) is 5.66. The van der Waals surface area contributed by atoms with Crippen LogP contribution in [0, 0.1) is 0 Å². The molecular weight excluding hydrogens is 136 g/mol. The Balaban J connectivity index is 2.95. The first-order valence-electron chi connectivity index (χ1n) is 3.08. The molecule has 0 bridgehead atoms. The molecule has 0 saturated heterocycles. The molecule has 4 heteroatoms. The topological polar surface area (TPSA) is 77.8 Å². The van der Waals surface area contributed by atoms with Gasteiger partial charge in [-0.15, -0.1) is 0 Å². The second kappa shape index (κ2) is 1.78. The zero-order chi connectivity index (χ0) is 7.99. The molecule has 4 nitrogen and oxygen atoms in total. The Labute approximate surface area is 58.1 Å². The van der Waals surface area contributed by atoms with Crippen LogP contribution in [0.2, 0.25) is 0 Å². The third-order valence-electron chi connectivity index (χ3n) is 1.98. The zero-order valence-corrected chi connectivity index (χ0v) is 5.66. The Bertz CT molecular complexity index is 171. The molecule has 1 saturated carbocycles. The average Bonchev–Trinajstić information content (AvgIpc) is 1.94. The van der Waals surface area contributed by atoms with Crippen LogP contribution < -0.4 is 0 Å². The van der Waals surface area contributed by atoms with E-state index in [-0.39, 0.29) is 12.8 Å². The Hall–Kier alpha value is -0.450. The van der Waals surface area contributed by atoms with Gasteiger partial charge in [-0.2, -0.15) is 0 Å². The second-order valence-corrected chi connectivity index (χ2v) is 2.87. The van der Waals surface area contributed by atoms with Gasteiger partial charge in [-0.05, 0) is 13.3 Å². The van der Waals surface area contributed by atoms with Crippen molar-refractivity contribution in [3.05, 3.63) is 0 Å². The Morgan fingerprint density at radius 2 is 1.90 bits per heavy atom. The summed E-state index contributed by atoms with van der Waals surface area (Å²) in [6, 6.07) is 0. The summed E-state index contributed by atoms with van der Waals surface area (Å²) in [4.78, 5) is 10.7. The number of ketones is 1. The van der Waals surface area contributed by atoms with Gasteiger partial charge in [0.15, 0.2) is 5.78 Å². The van der Waals surface area contributed by atoms with Gasteiger partial charge in [-0.1, -0.05) is 0 Å². The van der Waals surface area contributed by atoms with Crippen molar-refractivity contribution in [3.8, 4) is 0 Å². The van der Waals surface area contributed by atoms with Crippen molar-refractivity contribution in [3.63, 3.8) is 0 Å². The van der Waals surface area contributed by atoms with Gasteiger partial charge in [0.05, 0.1) is 0 Å². The summed E-state index contributed by atoms with van der Waals surface area (Å²) in [6.45, 7) is 1.23. The lowest BCUT2D eigenvalue weighted by Gasteiger charge is -2.27. The van der Waals surface area contributed by atoms with Gasteiger partial charge < -0.3 is 15.3 Å². The van der Waals surface area contributed by atoms with Crippen LogP contribution in [0.25, 0.3) is 0 Å². The van der Waals surface area contributed by atoms with E-state index >= 15 is 0 Å². The van der Waals surface area contributed by atoms with Gasteiger partial charge in [0.25, 0.3) is 5.79 Å². The van der Waals surface area contributed by atoms with Crippen LogP contribution in [-0.2, 0) is 4.79 Å². The maximum atomic E-state index is 10.7. The van der Waals surface area contributed by atoms with Crippen molar-refractivity contribution in [2.45, 2.75) is 31.2 Å². The van der Waals surface area contributed by atoms with Crippen molar-refractivity contribution in [1.82, 2.24) is 0 Å². The number of hydrogen-bond acceptors (Lipinski definition) is 4. The highest BCUT2D eigenvalue weighted by Crippen LogP contribution is 2.33. The highest BCUT2D eigenvalue weighted by Gasteiger charge is 2.55. The lowest BCUT2D eigenvalue weighted by molar-refractivity contribution is -0.238. The highest BCUT2D eigenvalue weighted by molar-refractivity contribution is 5.89. The van der Waals surface area contributed by atoms with Crippen LogP contribution in [0.15, 0.2) is 0 Å². The molecule has 10 heavy (non-hydrogen) atoms. The average molecular weight is 146 g/mol. The lowest BCUT2D eigenvalue weighted by Crippen LogP contribution is -2.51. The Morgan fingerprint density at radius 3 is 2.00 bits per heavy atom. The van der Waals surface area contributed by atoms with E-state index in [0.717, 1.165) is 0 Å². The molecule has 0 amide bonds. The van der Waals surface area contributed by atoms with Crippen molar-refractivity contribution in [1.29, 1.82) is 0 Å². The highest BCUT2D eigenvalue weighted by atomic mass is 16.5. The first-order valence-corrected chi connectivity index (χ1v) is 3.08. The fourth-order valence-corrected chi connectivity index (χ4v) is 1.01. The van der Waals surface area contributed by atoms with Crippen molar-refractivity contribution in [2.75, 3.05) is 0 Å². The number of carbonyl (C=O) groups excluding carboxylic acids is 1. The van der Waals surface area contributed by atoms with E-state index in [1.54, 1.807) is 0 Å². The van der Waals surface area contributed by atoms with Crippen LogP contribution in [0.3, 0.4) is 0 Å². The van der Waals surface area contributed by atoms with E-state index in [9.17, 15) is 9.90 Å². The van der Waals surface area contributed by atoms with E-state index in [2.05, 4.69) is 0 Å². The second-order valence-electron chi connectivity index (χ2n) is 2.87. The minimum atomic E-state index is -2.53. The Kier molecular flexibility index (Phi) is 1.36. The van der Waals surface area contributed by atoms with Crippen LogP contribution in [-0.4, -0.2) is 32.5 Å². The predicted molar refractivity (Wildman–Crippen MR) is 32.0 cm³/mol. The molecular formula is C6H10O4. The molecule has 0 radical (unpaired) electrons. The third-order valence-corrected chi connectivity index (χ3v) is 1.98. The summed E-state index contributed by atoms with van der Waals surface area (Å²) in [5, 5.41) is 27.1. The summed E-state index contributed by atoms with van der Waals surface area (Å²) in [5.74, 6) is -3.25. The smallest absolute Gasteiger partial charge is 0.253 e. The molecule has 1 aliphatic rings. The van der Waals surface area contributed by atoms with Crippen molar-refractivity contribution < 1.29 is 20.1 Å². The fraction of sp³-hybridized carbons (Fsp3) is 0.833. The number of aliphatic hydroxyl groups is 3. The van der Waals surface area contributed by atoms with Gasteiger partial charge in [0.2, 0.25) is 0 Å². The van der Waals surface area contributed by atoms with Crippen LogP contribution in [0.1, 0.15) is 19.8 Å². The maximum absolute atomic E-state index is 10.7. The van der Waals surface area contributed by atoms with Gasteiger partial charge in [0.1, 0.15) is 5.60 Å². The first-order chi connectivity index (χ1) is 4.38. The SMILES string of the molecule is CC1(O)CCC(=O)C1(O)O. The number of hydrogen-bond donors (Lipinski definition) is 3. The Morgan fingerprint density at radius 1 is 1.40 bits per heavy atom. The van der Waals surface area contributed by atoms with Gasteiger partial charge >= 0.3 is 0 Å². The molecule has 58 valence electrons. The van der Waals surface area contributed by atoms with Crippen LogP contribution in [0.5, 0.6) is 0 Å². The molecule has 3 N–H and O–H groups in total. The molecule has 0 spiro atoms. The molecule has 0 aliphatic heterocycles. The summed E-state index contributed by atoms with van der Waals surface area (Å²) >= 11 is 0. The first kappa shape index (κ1) is 7.65. The molecule has 0 aromatic heterocycles. The molecule has 0 heterocycles. The van der Waals surface area contributed by atoms with E-state index in [4.69, 9.17) is 10.2 Å². The summed E-state index contributed by atoms with van der Waals surface area (Å²) < 4.78 is 0. The standard InChI is InChI=1S/C6H10O4/c1-5(8)3-2-4(7)6(5,9)10/h8-10H,2-3H2,1H3. The molecule has 1 rings (SSSR count). The van der Waals surface area contributed by atoms with E-state index in [1.165, 1.54) is 6.92 Å². The van der Waals surface area contributed by atoms with E-state index in [1.807, 2.05) is 0 Å². The van der Waals surface area contributed by atoms with Gasteiger partial charge in [-0.25, -0.2) is 0 Å². The summed E-state index contributed by atoms with van der Waals surface area (Å²) in [7, 11) is 0.